The van der Waals surface area contributed by atoms with Gasteiger partial charge < -0.3 is 5.32 Å². The highest BCUT2D eigenvalue weighted by molar-refractivity contribution is 6.01. The summed E-state index contributed by atoms with van der Waals surface area (Å²) in [4.78, 5) is 26.4. The van der Waals surface area contributed by atoms with Crippen LogP contribution in [0, 0.1) is 10.7 Å². The molecule has 1 amide bonds. The van der Waals surface area contributed by atoms with Gasteiger partial charge in [0.1, 0.15) is 23.0 Å². The molecule has 0 aliphatic carbocycles. The topological polar surface area (TPSA) is 121 Å². The number of piperidine rings is 1. The summed E-state index contributed by atoms with van der Waals surface area (Å²) in [5.74, 6) is 0.220. The number of nitroso groups, excluding NO2 is 1. The van der Waals surface area contributed by atoms with Crippen molar-refractivity contribution in [2.45, 2.75) is 32.2 Å². The third-order valence-electron chi connectivity index (χ3n) is 8.20. The van der Waals surface area contributed by atoms with Crippen molar-refractivity contribution in [2.24, 2.45) is 12.1 Å². The highest BCUT2D eigenvalue weighted by Crippen LogP contribution is 2.39. The summed E-state index contributed by atoms with van der Waals surface area (Å²) in [7, 11) is 5.02. The molecule has 0 spiro atoms. The lowest BCUT2D eigenvalue weighted by Crippen LogP contribution is -2.38. The fourth-order valence-electron chi connectivity index (χ4n) is 6.06. The van der Waals surface area contributed by atoms with Gasteiger partial charge in [-0.15, -0.1) is 5.01 Å². The second kappa shape index (κ2) is 12.5. The highest BCUT2D eigenvalue weighted by Gasteiger charge is 2.31. The van der Waals surface area contributed by atoms with Crippen molar-refractivity contribution in [1.29, 1.82) is 0 Å². The Balaban J connectivity index is 1.40. The molecule has 14 heteroatoms. The lowest BCUT2D eigenvalue weighted by molar-refractivity contribution is -0.687. The molecule has 2 aromatic carbocycles. The van der Waals surface area contributed by atoms with Crippen molar-refractivity contribution in [3.8, 4) is 11.1 Å². The van der Waals surface area contributed by atoms with E-state index in [0.717, 1.165) is 21.5 Å². The van der Waals surface area contributed by atoms with Crippen LogP contribution < -0.4 is 5.32 Å². The summed E-state index contributed by atoms with van der Waals surface area (Å²) in [5.41, 5.74) is 3.40. The molecule has 0 atom stereocenters. The monoisotopic (exact) mass is 625 g/mol. The van der Waals surface area contributed by atoms with Gasteiger partial charge in [-0.25, -0.2) is 4.39 Å². The van der Waals surface area contributed by atoms with E-state index in [4.69, 9.17) is 5.10 Å². The molecule has 46 heavy (non-hydrogen) atoms. The average molecular weight is 626 g/mol. The van der Waals surface area contributed by atoms with Crippen LogP contribution in [0.2, 0.25) is 0 Å². The van der Waals surface area contributed by atoms with Crippen LogP contribution in [0.5, 0.6) is 0 Å². The predicted molar refractivity (Wildman–Crippen MR) is 174 cm³/mol. The van der Waals surface area contributed by atoms with E-state index < -0.39 is 0 Å². The standard InChI is InChI=1S/C32H35FN11O2/c1-6-8-29(37-39(2)3)44-28(11-14-34-44)36-30(45)20-43-26-10-7-9-23(24-18-27-22(17-25(24)33)19-35-40(27)4)31(26)32(38-43)21-12-15-42(16-13-21)41(5)46/h6-11,14,17-19,21H,2,12-13,15-16,20H2,1,3-5H3/q+1/p+1/b8-6-,37-29+. The van der Waals surface area contributed by atoms with Crippen LogP contribution in [0.1, 0.15) is 31.4 Å². The molecule has 5 aromatic rings. The number of allylic oxidation sites excluding steroid dienone is 2. The van der Waals surface area contributed by atoms with Gasteiger partial charge >= 0.3 is 0 Å². The molecule has 3 aromatic heterocycles. The quantitative estimate of drug-likeness (QED) is 0.120. The van der Waals surface area contributed by atoms with Crippen molar-refractivity contribution in [3.63, 3.8) is 0 Å². The fourth-order valence-corrected chi connectivity index (χ4v) is 6.06. The molecule has 13 nitrogen and oxygen atoms in total. The Morgan fingerprint density at radius 2 is 1.93 bits per heavy atom. The summed E-state index contributed by atoms with van der Waals surface area (Å²) >= 11 is 0. The number of carbonyl (C=O) groups excluding carboxylic acids is 1. The lowest BCUT2D eigenvalue weighted by Gasteiger charge is -2.25. The molecule has 1 aliphatic heterocycles. The van der Waals surface area contributed by atoms with Gasteiger partial charge in [0.2, 0.25) is 18.8 Å². The summed E-state index contributed by atoms with van der Waals surface area (Å²) in [6, 6.07) is 10.6. The van der Waals surface area contributed by atoms with E-state index in [9.17, 15) is 9.70 Å². The summed E-state index contributed by atoms with van der Waals surface area (Å²) < 4.78 is 22.0. The minimum absolute atomic E-state index is 0.00772. The van der Waals surface area contributed by atoms with Gasteiger partial charge in [0.15, 0.2) is 13.8 Å². The first-order valence-corrected chi connectivity index (χ1v) is 15.0. The molecule has 0 unspecified atom stereocenters. The van der Waals surface area contributed by atoms with Crippen molar-refractivity contribution >= 4 is 46.1 Å². The SMILES string of the molecule is C=[N+](C)/N=C(\C=C/C)n1nccc1NC(=O)Cn1nc(C2CCN([N+](C)=O)CC2)c2c(-c3cc4c(cnn4C)cc3F)cccc21. The number of amides is 1. The Hall–Kier alpha value is -5.53. The van der Waals surface area contributed by atoms with Crippen molar-refractivity contribution < 1.29 is 18.7 Å². The minimum Gasteiger partial charge on any atom is -0.309 e. The largest absolute Gasteiger partial charge is 0.309 e. The number of halogens is 1. The number of carbonyl (C=O) groups is 1. The number of hydrogen-bond donors (Lipinski definition) is 1. The lowest BCUT2D eigenvalue weighted by atomic mass is 9.89. The molecule has 1 saturated heterocycles. The first-order chi connectivity index (χ1) is 22.1. The van der Waals surface area contributed by atoms with Crippen LogP contribution >= 0.6 is 0 Å². The van der Waals surface area contributed by atoms with Crippen LogP contribution in [0.4, 0.5) is 10.2 Å². The molecular weight excluding hydrogens is 589 g/mol. The zero-order chi connectivity index (χ0) is 32.5. The van der Waals surface area contributed by atoms with E-state index >= 15 is 4.39 Å². The van der Waals surface area contributed by atoms with Gasteiger partial charge in [0.05, 0.1) is 47.1 Å². The molecule has 1 aliphatic rings. The molecule has 6 rings (SSSR count). The van der Waals surface area contributed by atoms with Gasteiger partial charge in [-0.1, -0.05) is 22.9 Å². The van der Waals surface area contributed by atoms with Crippen molar-refractivity contribution in [3.05, 3.63) is 77.4 Å². The number of nitrogens with zero attached hydrogens (tertiary/aromatic N) is 10. The predicted octanol–water partition coefficient (Wildman–Crippen LogP) is 4.15. The van der Waals surface area contributed by atoms with Crippen LogP contribution in [0.3, 0.4) is 0 Å². The summed E-state index contributed by atoms with van der Waals surface area (Å²) in [6.45, 7) is 6.68. The van der Waals surface area contributed by atoms with Gasteiger partial charge in [-0.3, -0.25) is 14.2 Å². The highest BCUT2D eigenvalue weighted by atomic mass is 19.1. The third kappa shape index (κ3) is 5.80. The maximum absolute atomic E-state index is 15.7. The van der Waals surface area contributed by atoms with Gasteiger partial charge in [0.25, 0.3) is 0 Å². The number of aromatic nitrogens is 6. The first-order valence-electron chi connectivity index (χ1n) is 15.0. The summed E-state index contributed by atoms with van der Waals surface area (Å²) in [5, 5.41) is 24.2. The number of aryl methyl sites for hydroxylation is 1. The van der Waals surface area contributed by atoms with Crippen LogP contribution in [0.15, 0.2) is 66.0 Å². The molecule has 0 bridgehead atoms. The van der Waals surface area contributed by atoms with E-state index in [2.05, 4.69) is 27.3 Å². The van der Waals surface area contributed by atoms with Crippen LogP contribution in [0.25, 0.3) is 32.9 Å². The number of rotatable bonds is 8. The fraction of sp³-hybridized carbons (Fsp3) is 0.312. The van der Waals surface area contributed by atoms with Crippen LogP contribution in [-0.2, 0) is 18.4 Å². The number of fused-ring (bicyclic) bond motifs is 2. The molecule has 1 N–H and O–H groups in total. The Morgan fingerprint density at radius 3 is 2.65 bits per heavy atom. The number of nitrogens with one attached hydrogen (secondary N) is 1. The molecular formula is C32H36FN11O2+2. The van der Waals surface area contributed by atoms with E-state index in [1.807, 2.05) is 44.3 Å². The van der Waals surface area contributed by atoms with E-state index in [1.165, 1.54) is 22.5 Å². The zero-order valence-corrected chi connectivity index (χ0v) is 26.3. The van der Waals surface area contributed by atoms with Crippen LogP contribution in [-0.4, -0.2) is 89.5 Å². The number of hydrogen-bond acceptors (Lipinski definition) is 6. The molecule has 4 heterocycles. The zero-order valence-electron chi connectivity index (χ0n) is 26.3. The normalized spacial score (nSPS) is 14.5. The van der Waals surface area contributed by atoms with E-state index in [1.54, 1.807) is 46.0 Å². The van der Waals surface area contributed by atoms with Gasteiger partial charge in [-0.05, 0) is 49.6 Å². The Morgan fingerprint density at radius 1 is 1.15 bits per heavy atom. The second-order valence-electron chi connectivity index (χ2n) is 11.4. The number of anilines is 1. The second-order valence-corrected chi connectivity index (χ2v) is 11.4. The van der Waals surface area contributed by atoms with E-state index in [-0.39, 0.29) is 24.2 Å². The Bertz CT molecular complexity index is 2040. The molecule has 236 valence electrons. The van der Waals surface area contributed by atoms with Crippen molar-refractivity contribution in [1.82, 2.24) is 34.4 Å². The maximum Gasteiger partial charge on any atom is 0.247 e. The first kappa shape index (κ1) is 30.5. The Kier molecular flexibility index (Phi) is 8.26. The Labute approximate surface area is 264 Å². The van der Waals surface area contributed by atoms with Gasteiger partial charge in [-0.2, -0.15) is 20.0 Å². The number of hydrazine groups is 1. The van der Waals surface area contributed by atoms with Crippen molar-refractivity contribution in [2.75, 3.05) is 32.5 Å². The van der Waals surface area contributed by atoms with Gasteiger partial charge in [0, 0.05) is 40.5 Å². The number of hydrazone groups is 1. The summed E-state index contributed by atoms with van der Waals surface area (Å²) in [6.07, 6.45) is 8.17. The molecule has 0 radical (unpaired) electrons. The van der Waals surface area contributed by atoms with E-state index in [0.29, 0.717) is 59.6 Å². The third-order valence-corrected chi connectivity index (χ3v) is 8.20. The minimum atomic E-state index is -0.368. The maximum atomic E-state index is 15.7. The number of benzene rings is 2. The molecule has 1 fully saturated rings. The smallest absolute Gasteiger partial charge is 0.247 e. The average Bonchev–Trinajstić information content (AvgIpc) is 3.74. The molecule has 0 saturated carbocycles.